The van der Waals surface area contributed by atoms with Crippen LogP contribution >= 0.6 is 0 Å². The second kappa shape index (κ2) is 6.90. The van der Waals surface area contributed by atoms with E-state index in [4.69, 9.17) is 5.73 Å². The lowest BCUT2D eigenvalue weighted by atomic mass is 10.1. The van der Waals surface area contributed by atoms with E-state index in [9.17, 15) is 4.79 Å². The number of rotatable bonds is 5. The molecule has 1 amide bonds. The molecule has 1 unspecified atom stereocenters. The van der Waals surface area contributed by atoms with Crippen LogP contribution in [0.15, 0.2) is 36.4 Å². The van der Waals surface area contributed by atoms with Crippen molar-refractivity contribution in [2.24, 2.45) is 12.8 Å². The normalized spacial score (nSPS) is 12.2. The molecule has 4 N–H and O–H groups in total. The summed E-state index contributed by atoms with van der Waals surface area (Å²) < 4.78 is 1.80. The number of nitrogens with zero attached hydrogens (tertiary/aromatic N) is 3. The van der Waals surface area contributed by atoms with E-state index in [1.54, 1.807) is 10.7 Å². The van der Waals surface area contributed by atoms with Crippen molar-refractivity contribution < 1.29 is 4.79 Å². The van der Waals surface area contributed by atoms with Crippen LogP contribution in [0.5, 0.6) is 0 Å². The van der Waals surface area contributed by atoms with Crippen molar-refractivity contribution in [2.75, 3.05) is 6.54 Å². The predicted octanol–water partition coefficient (Wildman–Crippen LogP) is 1.86. The van der Waals surface area contributed by atoms with Gasteiger partial charge in [0.25, 0.3) is 5.91 Å². The van der Waals surface area contributed by atoms with Crippen molar-refractivity contribution in [1.82, 2.24) is 25.3 Å². The number of hydrogen-bond donors (Lipinski definition) is 3. The number of hydrogen-bond acceptors (Lipinski definition) is 4. The highest BCUT2D eigenvalue weighted by molar-refractivity contribution is 5.93. The number of aromatic nitrogens is 4. The third-order valence-electron chi connectivity index (χ3n) is 4.30. The molecule has 7 nitrogen and oxygen atoms in total. The van der Waals surface area contributed by atoms with Gasteiger partial charge in [-0.3, -0.25) is 14.6 Å². The molecule has 2 heterocycles. The van der Waals surface area contributed by atoms with Crippen LogP contribution in [0.25, 0.3) is 11.3 Å². The van der Waals surface area contributed by atoms with Crippen LogP contribution in [0.3, 0.4) is 0 Å². The van der Waals surface area contributed by atoms with Gasteiger partial charge in [0, 0.05) is 30.9 Å². The van der Waals surface area contributed by atoms with Gasteiger partial charge in [0.05, 0.1) is 11.4 Å². The van der Waals surface area contributed by atoms with Crippen molar-refractivity contribution in [3.63, 3.8) is 0 Å². The van der Waals surface area contributed by atoms with E-state index in [1.807, 2.05) is 51.2 Å². The van der Waals surface area contributed by atoms with Crippen LogP contribution in [0.4, 0.5) is 0 Å². The SMILES string of the molecule is Cc1nn(C)c(C)c1-c1cc(C(=O)NCC(N)c2ccccc2)[nH]n1. The first-order valence-electron chi connectivity index (χ1n) is 8.12. The highest BCUT2D eigenvalue weighted by Gasteiger charge is 2.17. The summed E-state index contributed by atoms with van der Waals surface area (Å²) in [4.78, 5) is 12.3. The van der Waals surface area contributed by atoms with E-state index >= 15 is 0 Å². The van der Waals surface area contributed by atoms with Gasteiger partial charge in [-0.25, -0.2) is 0 Å². The monoisotopic (exact) mass is 338 g/mol. The lowest BCUT2D eigenvalue weighted by molar-refractivity contribution is 0.0946. The van der Waals surface area contributed by atoms with Crippen LogP contribution in [0, 0.1) is 13.8 Å². The Hall–Kier alpha value is -2.93. The highest BCUT2D eigenvalue weighted by atomic mass is 16.1. The molecule has 1 aromatic carbocycles. The number of carbonyl (C=O) groups excluding carboxylic acids is 1. The quantitative estimate of drug-likeness (QED) is 0.661. The Morgan fingerprint density at radius 1 is 1.32 bits per heavy atom. The zero-order valence-electron chi connectivity index (χ0n) is 14.6. The van der Waals surface area contributed by atoms with Crippen molar-refractivity contribution in [1.29, 1.82) is 0 Å². The van der Waals surface area contributed by atoms with Crippen molar-refractivity contribution in [2.45, 2.75) is 19.9 Å². The number of aryl methyl sites for hydroxylation is 2. The summed E-state index contributed by atoms with van der Waals surface area (Å²) in [7, 11) is 1.89. The van der Waals surface area contributed by atoms with E-state index in [2.05, 4.69) is 20.6 Å². The molecule has 0 spiro atoms. The number of amides is 1. The van der Waals surface area contributed by atoms with Gasteiger partial charge in [0.15, 0.2) is 0 Å². The fourth-order valence-corrected chi connectivity index (χ4v) is 2.83. The number of nitrogens with one attached hydrogen (secondary N) is 2. The van der Waals surface area contributed by atoms with E-state index in [0.717, 1.165) is 22.5 Å². The first-order chi connectivity index (χ1) is 12.0. The van der Waals surface area contributed by atoms with Crippen LogP contribution in [-0.4, -0.2) is 32.4 Å². The fourth-order valence-electron chi connectivity index (χ4n) is 2.83. The molecule has 0 saturated carbocycles. The molecule has 0 aliphatic rings. The molecule has 0 bridgehead atoms. The molecule has 0 radical (unpaired) electrons. The molecule has 0 fully saturated rings. The van der Waals surface area contributed by atoms with E-state index in [0.29, 0.717) is 17.9 Å². The molecular weight excluding hydrogens is 316 g/mol. The zero-order valence-corrected chi connectivity index (χ0v) is 14.6. The minimum Gasteiger partial charge on any atom is -0.349 e. The molecule has 3 rings (SSSR count). The van der Waals surface area contributed by atoms with Crippen molar-refractivity contribution >= 4 is 5.91 Å². The molecule has 0 saturated heterocycles. The first kappa shape index (κ1) is 16.9. The Balaban J connectivity index is 1.69. The number of benzene rings is 1. The van der Waals surface area contributed by atoms with Crippen LogP contribution in [-0.2, 0) is 7.05 Å². The minimum atomic E-state index is -0.254. The Bertz CT molecular complexity index is 880. The average molecular weight is 338 g/mol. The summed E-state index contributed by atoms with van der Waals surface area (Å²) in [5.74, 6) is -0.232. The zero-order chi connectivity index (χ0) is 18.0. The number of aromatic amines is 1. The summed E-state index contributed by atoms with van der Waals surface area (Å²) >= 11 is 0. The maximum atomic E-state index is 12.3. The lowest BCUT2D eigenvalue weighted by Crippen LogP contribution is -2.32. The molecule has 2 aromatic heterocycles. The predicted molar refractivity (Wildman–Crippen MR) is 96.0 cm³/mol. The van der Waals surface area contributed by atoms with E-state index < -0.39 is 0 Å². The summed E-state index contributed by atoms with van der Waals surface area (Å²) in [5.41, 5.74) is 11.0. The largest absolute Gasteiger partial charge is 0.349 e. The van der Waals surface area contributed by atoms with Crippen molar-refractivity contribution in [3.8, 4) is 11.3 Å². The topological polar surface area (TPSA) is 102 Å². The third-order valence-corrected chi connectivity index (χ3v) is 4.30. The van der Waals surface area contributed by atoms with Crippen molar-refractivity contribution in [3.05, 3.63) is 59.0 Å². The third kappa shape index (κ3) is 3.46. The van der Waals surface area contributed by atoms with Crippen LogP contribution in [0.2, 0.25) is 0 Å². The second-order valence-corrected chi connectivity index (χ2v) is 6.06. The van der Waals surface area contributed by atoms with E-state index in [1.165, 1.54) is 0 Å². The molecule has 7 heteroatoms. The Morgan fingerprint density at radius 2 is 2.04 bits per heavy atom. The maximum Gasteiger partial charge on any atom is 0.269 e. The van der Waals surface area contributed by atoms with Gasteiger partial charge in [-0.1, -0.05) is 30.3 Å². The summed E-state index contributed by atoms with van der Waals surface area (Å²) in [6.45, 7) is 4.25. The molecule has 25 heavy (non-hydrogen) atoms. The number of carbonyl (C=O) groups is 1. The van der Waals surface area contributed by atoms with Gasteiger partial charge in [0.2, 0.25) is 0 Å². The number of H-pyrrole nitrogens is 1. The summed E-state index contributed by atoms with van der Waals surface area (Å²) in [6.07, 6.45) is 0. The molecule has 3 aromatic rings. The minimum absolute atomic E-state index is 0.232. The summed E-state index contributed by atoms with van der Waals surface area (Å²) in [6, 6.07) is 11.2. The van der Waals surface area contributed by atoms with E-state index in [-0.39, 0.29) is 11.9 Å². The van der Waals surface area contributed by atoms with Crippen LogP contribution < -0.4 is 11.1 Å². The highest BCUT2D eigenvalue weighted by Crippen LogP contribution is 2.25. The van der Waals surface area contributed by atoms with Crippen LogP contribution in [0.1, 0.15) is 33.5 Å². The Labute approximate surface area is 146 Å². The van der Waals surface area contributed by atoms with Gasteiger partial charge in [-0.15, -0.1) is 0 Å². The van der Waals surface area contributed by atoms with Gasteiger partial charge in [-0.2, -0.15) is 10.2 Å². The average Bonchev–Trinajstić information content (AvgIpc) is 3.18. The fraction of sp³-hybridized carbons (Fsp3) is 0.278. The molecule has 0 aliphatic heterocycles. The first-order valence-corrected chi connectivity index (χ1v) is 8.12. The number of nitrogens with two attached hydrogens (primary N) is 1. The van der Waals surface area contributed by atoms with Gasteiger partial charge in [-0.05, 0) is 25.5 Å². The van der Waals surface area contributed by atoms with Gasteiger partial charge >= 0.3 is 0 Å². The van der Waals surface area contributed by atoms with Gasteiger partial charge in [0.1, 0.15) is 5.69 Å². The molecular formula is C18H22N6O. The van der Waals surface area contributed by atoms with Gasteiger partial charge < -0.3 is 11.1 Å². The Kier molecular flexibility index (Phi) is 4.67. The standard InChI is InChI=1S/C18H22N6O/c1-11-17(12(2)24(3)23-11)15-9-16(22-21-15)18(25)20-10-14(19)13-7-5-4-6-8-13/h4-9,14H,10,19H2,1-3H3,(H,20,25)(H,21,22). The Morgan fingerprint density at radius 3 is 2.68 bits per heavy atom. The molecule has 0 aliphatic carbocycles. The summed E-state index contributed by atoms with van der Waals surface area (Å²) in [5, 5.41) is 14.3. The lowest BCUT2D eigenvalue weighted by Gasteiger charge is -2.12. The molecule has 130 valence electrons. The molecule has 1 atom stereocenters. The maximum absolute atomic E-state index is 12.3. The smallest absolute Gasteiger partial charge is 0.269 e. The second-order valence-electron chi connectivity index (χ2n) is 6.06.